The maximum atomic E-state index is 13.8. The fourth-order valence-corrected chi connectivity index (χ4v) is 13.5. The van der Waals surface area contributed by atoms with Crippen molar-refractivity contribution in [3.8, 4) is 17.6 Å². The van der Waals surface area contributed by atoms with Gasteiger partial charge in [-0.3, -0.25) is 9.59 Å². The van der Waals surface area contributed by atoms with Crippen molar-refractivity contribution >= 4 is 47.4 Å². The first-order chi connectivity index (χ1) is 30.2. The summed E-state index contributed by atoms with van der Waals surface area (Å²) in [6, 6.07) is 5.41. The van der Waals surface area contributed by atoms with Crippen molar-refractivity contribution in [1.29, 1.82) is 5.26 Å². The van der Waals surface area contributed by atoms with Gasteiger partial charge in [0, 0.05) is 6.08 Å². The van der Waals surface area contributed by atoms with Crippen LogP contribution >= 0.6 is 23.5 Å². The summed E-state index contributed by atoms with van der Waals surface area (Å²) < 4.78 is 23.2. The predicted octanol–water partition coefficient (Wildman–Crippen LogP) is 13.1. The molecule has 11 heteroatoms. The summed E-state index contributed by atoms with van der Waals surface area (Å²) in [7, 11) is 0. The highest BCUT2D eigenvalue weighted by Gasteiger charge is 2.38. The maximum absolute atomic E-state index is 13.8. The van der Waals surface area contributed by atoms with Gasteiger partial charge >= 0.3 is 23.9 Å². The molecule has 0 unspecified atom stereocenters. The number of ether oxygens (including phenoxy) is 4. The van der Waals surface area contributed by atoms with Crippen molar-refractivity contribution in [2.45, 2.75) is 178 Å². The van der Waals surface area contributed by atoms with E-state index in [4.69, 9.17) is 18.9 Å². The molecule has 0 N–H and O–H groups in total. The number of thioether (sulfide) groups is 2. The molecule has 0 spiro atoms. The molecule has 0 radical (unpaired) electrons. The summed E-state index contributed by atoms with van der Waals surface area (Å²) in [5.74, 6) is 3.15. The maximum Gasteiger partial charge on any atom is 0.350 e. The minimum Gasteiger partial charge on any atom is -0.463 e. The molecule has 4 aliphatic carbocycles. The Kier molecular flexibility index (Phi) is 19.2. The summed E-state index contributed by atoms with van der Waals surface area (Å²) in [6.07, 6.45) is 28.0. The Morgan fingerprint density at radius 2 is 1.03 bits per heavy atom. The van der Waals surface area contributed by atoms with E-state index >= 15 is 0 Å². The zero-order valence-corrected chi connectivity index (χ0v) is 39.1. The van der Waals surface area contributed by atoms with Crippen LogP contribution in [0.15, 0.2) is 44.4 Å². The molecule has 1 aromatic rings. The quantitative estimate of drug-likeness (QED) is 0.0433. The second-order valence-electron chi connectivity index (χ2n) is 18.8. The summed E-state index contributed by atoms with van der Waals surface area (Å²) in [5.41, 5.74) is -0.167. The molecule has 0 atom stereocenters. The fraction of sp³-hybridized carbons (Fsp3) is 0.706. The SMILES string of the molecule is C=CC(=O)OCCCCOC(=O)C(C#N)=C1Sc2c(OC(=O)C3CCC(C4CCC(CCCC)CC4)CC3)ccc(OC(=O)C3CCC(C4CCC(CCCC)CC4)CC3)c2S1. The van der Waals surface area contributed by atoms with Crippen LogP contribution in [-0.4, -0.2) is 37.1 Å². The lowest BCUT2D eigenvalue weighted by Crippen LogP contribution is -2.30. The topological polar surface area (TPSA) is 129 Å². The van der Waals surface area contributed by atoms with Crippen molar-refractivity contribution in [3.63, 3.8) is 0 Å². The second kappa shape index (κ2) is 24.7. The number of esters is 4. The minimum atomic E-state index is -0.770. The standard InChI is InChI=1S/C51H71NO8S2/c1-4-7-11-34-13-17-36(18-14-34)38-21-25-40(26-22-38)48(54)59-43-29-30-44(60-49(55)41-27-23-39(24-28-41)37-19-15-35(16-20-37)12-8-5-2)47-46(43)61-51(62-47)42(33-52)50(56)58-32-10-9-31-57-45(53)6-3/h6,29-30,34-41H,3-5,7-28,31-32H2,1-2H3. The summed E-state index contributed by atoms with van der Waals surface area (Å²) >= 11 is 2.34. The van der Waals surface area contributed by atoms with Crippen molar-refractivity contribution in [2.24, 2.45) is 47.3 Å². The van der Waals surface area contributed by atoms with Gasteiger partial charge in [0.1, 0.15) is 17.6 Å². The molecule has 62 heavy (non-hydrogen) atoms. The van der Waals surface area contributed by atoms with Gasteiger partial charge in [-0.15, -0.1) is 0 Å². The monoisotopic (exact) mass is 889 g/mol. The van der Waals surface area contributed by atoms with Crippen LogP contribution in [0, 0.1) is 58.7 Å². The van der Waals surface area contributed by atoms with Gasteiger partial charge in [-0.25, -0.2) is 9.59 Å². The third-order valence-electron chi connectivity index (χ3n) is 14.8. The average Bonchev–Trinajstić information content (AvgIpc) is 3.76. The van der Waals surface area contributed by atoms with Gasteiger partial charge in [0.05, 0.1) is 39.1 Å². The molecule has 5 aliphatic rings. The van der Waals surface area contributed by atoms with Crippen LogP contribution in [0.2, 0.25) is 0 Å². The molecule has 0 saturated heterocycles. The van der Waals surface area contributed by atoms with E-state index in [-0.39, 0.29) is 42.6 Å². The Balaban J connectivity index is 1.08. The zero-order chi connectivity index (χ0) is 43.8. The number of carbonyl (C=O) groups is 4. The molecule has 9 nitrogen and oxygen atoms in total. The van der Waals surface area contributed by atoms with E-state index in [0.717, 1.165) is 81.1 Å². The van der Waals surface area contributed by atoms with Crippen LogP contribution in [-0.2, 0) is 28.7 Å². The number of benzene rings is 1. The summed E-state index contributed by atoms with van der Waals surface area (Å²) in [6.45, 7) is 8.14. The van der Waals surface area contributed by atoms with E-state index in [1.54, 1.807) is 12.1 Å². The largest absolute Gasteiger partial charge is 0.463 e. The molecular weight excluding hydrogens is 819 g/mol. The van der Waals surface area contributed by atoms with Crippen molar-refractivity contribution in [3.05, 3.63) is 34.6 Å². The highest BCUT2D eigenvalue weighted by atomic mass is 32.2. The molecule has 1 aliphatic heterocycles. The van der Waals surface area contributed by atoms with Crippen molar-refractivity contribution in [2.75, 3.05) is 13.2 Å². The van der Waals surface area contributed by atoms with Gasteiger partial charge in [-0.2, -0.15) is 5.26 Å². The Hall–Kier alpha value is -3.23. The molecule has 4 fully saturated rings. The van der Waals surface area contributed by atoms with Crippen LogP contribution in [0.3, 0.4) is 0 Å². The Morgan fingerprint density at radius 1 is 0.629 bits per heavy atom. The van der Waals surface area contributed by atoms with Crippen LogP contribution in [0.1, 0.15) is 168 Å². The van der Waals surface area contributed by atoms with Gasteiger partial charge in [0.25, 0.3) is 0 Å². The van der Waals surface area contributed by atoms with E-state index in [9.17, 15) is 24.4 Å². The molecule has 0 amide bonds. The third-order valence-corrected chi connectivity index (χ3v) is 17.4. The van der Waals surface area contributed by atoms with Crippen LogP contribution in [0.5, 0.6) is 11.5 Å². The highest BCUT2D eigenvalue weighted by Crippen LogP contribution is 2.59. The summed E-state index contributed by atoms with van der Waals surface area (Å²) in [4.78, 5) is 53.3. The molecule has 0 aromatic heterocycles. The lowest BCUT2D eigenvalue weighted by molar-refractivity contribution is -0.141. The summed E-state index contributed by atoms with van der Waals surface area (Å²) in [5, 5.41) is 10.2. The minimum absolute atomic E-state index is 0.0435. The normalized spacial score (nSPS) is 27.3. The lowest BCUT2D eigenvalue weighted by atomic mass is 9.68. The first-order valence-electron chi connectivity index (χ1n) is 24.3. The number of rotatable bonds is 19. The number of nitriles is 1. The van der Waals surface area contributed by atoms with Crippen LogP contribution in [0.25, 0.3) is 0 Å². The zero-order valence-electron chi connectivity index (χ0n) is 37.5. The van der Waals surface area contributed by atoms with E-state index in [0.29, 0.717) is 50.2 Å². The van der Waals surface area contributed by atoms with E-state index in [1.807, 2.05) is 6.07 Å². The van der Waals surface area contributed by atoms with Gasteiger partial charge < -0.3 is 18.9 Å². The average molecular weight is 890 g/mol. The lowest BCUT2D eigenvalue weighted by Gasteiger charge is -2.37. The molecule has 340 valence electrons. The third kappa shape index (κ3) is 13.4. The number of fused-ring (bicyclic) bond motifs is 1. The Bertz CT molecular complexity index is 1660. The van der Waals surface area contributed by atoms with Crippen LogP contribution < -0.4 is 9.47 Å². The number of hydrogen-bond acceptors (Lipinski definition) is 11. The predicted molar refractivity (Wildman–Crippen MR) is 244 cm³/mol. The molecular formula is C51H71NO8S2. The van der Waals surface area contributed by atoms with Gasteiger partial charge in [-0.1, -0.05) is 108 Å². The highest BCUT2D eigenvalue weighted by molar-refractivity contribution is 8.24. The first kappa shape index (κ1) is 48.2. The number of hydrogen-bond donors (Lipinski definition) is 0. The van der Waals surface area contributed by atoms with E-state index in [1.165, 1.54) is 113 Å². The molecule has 6 rings (SSSR count). The number of nitrogens with zero attached hydrogens (tertiary/aromatic N) is 1. The molecule has 0 bridgehead atoms. The van der Waals surface area contributed by atoms with Crippen molar-refractivity contribution in [1.82, 2.24) is 0 Å². The Labute approximate surface area is 379 Å². The number of unbranched alkanes of at least 4 members (excludes halogenated alkanes) is 3. The van der Waals surface area contributed by atoms with Crippen LogP contribution in [0.4, 0.5) is 0 Å². The Morgan fingerprint density at radius 3 is 1.42 bits per heavy atom. The van der Waals surface area contributed by atoms with Gasteiger partial charge in [0.2, 0.25) is 0 Å². The van der Waals surface area contributed by atoms with Crippen molar-refractivity contribution < 1.29 is 38.1 Å². The van der Waals surface area contributed by atoms with E-state index < -0.39 is 11.9 Å². The molecule has 4 saturated carbocycles. The smallest absolute Gasteiger partial charge is 0.350 e. The second-order valence-corrected chi connectivity index (χ2v) is 21.1. The number of carbonyl (C=O) groups excluding carboxylic acids is 4. The van der Waals surface area contributed by atoms with Gasteiger partial charge in [0.15, 0.2) is 5.57 Å². The first-order valence-corrected chi connectivity index (χ1v) is 25.9. The fourth-order valence-electron chi connectivity index (χ4n) is 11.0. The molecule has 1 aromatic carbocycles. The van der Waals surface area contributed by atoms with Gasteiger partial charge in [-0.05, 0) is 138 Å². The van der Waals surface area contributed by atoms with E-state index in [2.05, 4.69) is 20.4 Å². The molecule has 1 heterocycles.